The van der Waals surface area contributed by atoms with E-state index in [1.807, 2.05) is 0 Å². The molecule has 0 bridgehead atoms. The van der Waals surface area contributed by atoms with E-state index in [1.54, 1.807) is 0 Å². The monoisotopic (exact) mass is 223 g/mol. The number of hydrogen-bond acceptors (Lipinski definition) is 3. The first-order chi connectivity index (χ1) is 7.06. The SMILES string of the molecule is CC(=O)CCCCN(CCO)CC(F)F. The molecule has 0 radical (unpaired) electrons. The highest BCUT2D eigenvalue weighted by molar-refractivity contribution is 5.75. The lowest BCUT2D eigenvalue weighted by atomic mass is 10.2. The maximum absolute atomic E-state index is 12.1. The molecule has 0 spiro atoms. The molecule has 0 rings (SSSR count). The standard InChI is InChI=1S/C10H19F2NO2/c1-9(15)4-2-3-5-13(6-7-14)8-10(11)12/h10,14H,2-8H2,1H3. The number of aliphatic hydroxyl groups excluding tert-OH is 1. The fourth-order valence-corrected chi connectivity index (χ4v) is 1.34. The summed E-state index contributed by atoms with van der Waals surface area (Å²) < 4.78 is 24.1. The van der Waals surface area contributed by atoms with E-state index in [1.165, 1.54) is 11.8 Å². The van der Waals surface area contributed by atoms with Gasteiger partial charge in [-0.2, -0.15) is 0 Å². The third-order valence-electron chi connectivity index (χ3n) is 2.07. The number of carbonyl (C=O) groups excluding carboxylic acids is 1. The Hall–Kier alpha value is -0.550. The second-order valence-electron chi connectivity index (χ2n) is 3.57. The van der Waals surface area contributed by atoms with E-state index >= 15 is 0 Å². The normalized spacial score (nSPS) is 11.3. The molecule has 15 heavy (non-hydrogen) atoms. The summed E-state index contributed by atoms with van der Waals surface area (Å²) in [7, 11) is 0. The van der Waals surface area contributed by atoms with Gasteiger partial charge in [-0.1, -0.05) is 0 Å². The molecule has 5 heteroatoms. The van der Waals surface area contributed by atoms with Crippen LogP contribution in [0.15, 0.2) is 0 Å². The number of hydrogen-bond donors (Lipinski definition) is 1. The number of halogens is 2. The highest BCUT2D eigenvalue weighted by Crippen LogP contribution is 2.02. The lowest BCUT2D eigenvalue weighted by Crippen LogP contribution is -2.32. The zero-order chi connectivity index (χ0) is 11.7. The van der Waals surface area contributed by atoms with E-state index in [2.05, 4.69) is 0 Å². The summed E-state index contributed by atoms with van der Waals surface area (Å²) >= 11 is 0. The molecule has 1 N–H and O–H groups in total. The van der Waals surface area contributed by atoms with Crippen LogP contribution in [0.2, 0.25) is 0 Å². The van der Waals surface area contributed by atoms with Crippen LogP contribution in [0.4, 0.5) is 8.78 Å². The number of carbonyl (C=O) groups is 1. The molecule has 0 aliphatic heterocycles. The molecule has 90 valence electrons. The van der Waals surface area contributed by atoms with Crippen LogP contribution in [0.3, 0.4) is 0 Å². The molecule has 0 atom stereocenters. The summed E-state index contributed by atoms with van der Waals surface area (Å²) in [6.07, 6.45) is -0.432. The van der Waals surface area contributed by atoms with Gasteiger partial charge in [0.25, 0.3) is 6.43 Å². The van der Waals surface area contributed by atoms with Gasteiger partial charge in [-0.3, -0.25) is 4.90 Å². The second-order valence-corrected chi connectivity index (χ2v) is 3.57. The Labute approximate surface area is 89.1 Å². The summed E-state index contributed by atoms with van der Waals surface area (Å²) in [4.78, 5) is 12.1. The first-order valence-electron chi connectivity index (χ1n) is 5.17. The molecule has 0 aromatic heterocycles. The quantitative estimate of drug-likeness (QED) is 0.599. The van der Waals surface area contributed by atoms with Crippen molar-refractivity contribution in [3.8, 4) is 0 Å². The number of rotatable bonds is 9. The van der Waals surface area contributed by atoms with Gasteiger partial charge in [0.2, 0.25) is 0 Å². The Morgan fingerprint density at radius 3 is 2.47 bits per heavy atom. The van der Waals surface area contributed by atoms with E-state index in [4.69, 9.17) is 5.11 Å². The lowest BCUT2D eigenvalue weighted by molar-refractivity contribution is -0.117. The van der Waals surface area contributed by atoms with Crippen LogP contribution in [0.1, 0.15) is 26.2 Å². The van der Waals surface area contributed by atoms with Crippen LogP contribution < -0.4 is 0 Å². The van der Waals surface area contributed by atoms with Crippen molar-refractivity contribution in [2.24, 2.45) is 0 Å². The number of unbranched alkanes of at least 4 members (excludes halogenated alkanes) is 1. The lowest BCUT2D eigenvalue weighted by Gasteiger charge is -2.20. The topological polar surface area (TPSA) is 40.5 Å². The Balaban J connectivity index is 3.60. The van der Waals surface area contributed by atoms with Gasteiger partial charge in [0.15, 0.2) is 0 Å². The fourth-order valence-electron chi connectivity index (χ4n) is 1.34. The molecular weight excluding hydrogens is 204 g/mol. The number of ketones is 1. The highest BCUT2D eigenvalue weighted by Gasteiger charge is 2.10. The van der Waals surface area contributed by atoms with Crippen LogP contribution >= 0.6 is 0 Å². The maximum Gasteiger partial charge on any atom is 0.251 e. The third-order valence-corrected chi connectivity index (χ3v) is 2.07. The maximum atomic E-state index is 12.1. The summed E-state index contributed by atoms with van der Waals surface area (Å²) in [5.41, 5.74) is 0. The number of aliphatic hydroxyl groups is 1. The minimum absolute atomic E-state index is 0.112. The van der Waals surface area contributed by atoms with Crippen molar-refractivity contribution in [2.75, 3.05) is 26.2 Å². The van der Waals surface area contributed by atoms with Crippen LogP contribution in [0.25, 0.3) is 0 Å². The van der Waals surface area contributed by atoms with Gasteiger partial charge in [0, 0.05) is 13.0 Å². The molecule has 0 saturated carbocycles. The summed E-state index contributed by atoms with van der Waals surface area (Å²) in [5.74, 6) is 0.123. The van der Waals surface area contributed by atoms with Crippen molar-refractivity contribution in [1.82, 2.24) is 4.90 Å². The van der Waals surface area contributed by atoms with Gasteiger partial charge in [-0.05, 0) is 26.3 Å². The zero-order valence-electron chi connectivity index (χ0n) is 9.09. The summed E-state index contributed by atoms with van der Waals surface area (Å²) in [5, 5.41) is 8.65. The van der Waals surface area contributed by atoms with E-state index in [9.17, 15) is 13.6 Å². The van der Waals surface area contributed by atoms with Crippen molar-refractivity contribution in [2.45, 2.75) is 32.6 Å². The molecule has 0 amide bonds. The number of Topliss-reactive ketones (excluding diaryl/α,β-unsaturated/α-hetero) is 1. The molecule has 0 fully saturated rings. The zero-order valence-corrected chi connectivity index (χ0v) is 9.09. The second kappa shape index (κ2) is 8.73. The first-order valence-corrected chi connectivity index (χ1v) is 5.17. The molecule has 0 aromatic carbocycles. The van der Waals surface area contributed by atoms with Crippen molar-refractivity contribution in [3.05, 3.63) is 0 Å². The van der Waals surface area contributed by atoms with Gasteiger partial charge in [-0.25, -0.2) is 8.78 Å². The van der Waals surface area contributed by atoms with Gasteiger partial charge < -0.3 is 9.90 Å². The van der Waals surface area contributed by atoms with Gasteiger partial charge in [-0.15, -0.1) is 0 Å². The molecule has 0 heterocycles. The Morgan fingerprint density at radius 1 is 1.33 bits per heavy atom. The predicted molar refractivity (Wildman–Crippen MR) is 54.1 cm³/mol. The van der Waals surface area contributed by atoms with E-state index in [-0.39, 0.29) is 25.5 Å². The van der Waals surface area contributed by atoms with Crippen LogP contribution in [0.5, 0.6) is 0 Å². The van der Waals surface area contributed by atoms with Gasteiger partial charge in [0.05, 0.1) is 13.2 Å². The van der Waals surface area contributed by atoms with Crippen LogP contribution in [-0.2, 0) is 4.79 Å². The highest BCUT2D eigenvalue weighted by atomic mass is 19.3. The minimum atomic E-state index is -2.37. The number of nitrogens with zero attached hydrogens (tertiary/aromatic N) is 1. The largest absolute Gasteiger partial charge is 0.395 e. The smallest absolute Gasteiger partial charge is 0.251 e. The predicted octanol–water partition coefficient (Wildman–Crippen LogP) is 1.31. The first kappa shape index (κ1) is 14.5. The molecule has 0 aromatic rings. The fraction of sp³-hybridized carbons (Fsp3) is 0.900. The van der Waals surface area contributed by atoms with Crippen molar-refractivity contribution < 1.29 is 18.7 Å². The summed E-state index contributed by atoms with van der Waals surface area (Å²) in [6, 6.07) is 0. The van der Waals surface area contributed by atoms with Crippen LogP contribution in [-0.4, -0.2) is 48.5 Å². The molecule has 0 aliphatic carbocycles. The van der Waals surface area contributed by atoms with E-state index in [0.717, 1.165) is 6.42 Å². The molecular formula is C10H19F2NO2. The molecule has 0 aliphatic rings. The van der Waals surface area contributed by atoms with E-state index < -0.39 is 6.43 Å². The summed E-state index contributed by atoms with van der Waals surface area (Å²) in [6.45, 7) is 1.88. The minimum Gasteiger partial charge on any atom is -0.395 e. The van der Waals surface area contributed by atoms with Crippen molar-refractivity contribution >= 4 is 5.78 Å². The molecule has 0 unspecified atom stereocenters. The van der Waals surface area contributed by atoms with Gasteiger partial charge in [0.1, 0.15) is 5.78 Å². The van der Waals surface area contributed by atoms with Crippen molar-refractivity contribution in [1.29, 1.82) is 0 Å². The third kappa shape index (κ3) is 9.75. The average molecular weight is 223 g/mol. The Bertz CT molecular complexity index is 177. The molecule has 0 saturated heterocycles. The number of alkyl halides is 2. The average Bonchev–Trinajstić information content (AvgIpc) is 2.11. The molecule has 3 nitrogen and oxygen atoms in total. The Kier molecular flexibility index (Phi) is 8.41. The van der Waals surface area contributed by atoms with E-state index in [0.29, 0.717) is 19.4 Å². The van der Waals surface area contributed by atoms with Gasteiger partial charge >= 0.3 is 0 Å². The van der Waals surface area contributed by atoms with Crippen molar-refractivity contribution in [3.63, 3.8) is 0 Å². The Morgan fingerprint density at radius 2 is 2.00 bits per heavy atom. The van der Waals surface area contributed by atoms with Crippen LogP contribution in [0, 0.1) is 0 Å².